The Morgan fingerprint density at radius 3 is 2.68 bits per heavy atom. The maximum Gasteiger partial charge on any atom is 0.268 e. The van der Waals surface area contributed by atoms with Crippen LogP contribution in [0.5, 0.6) is 0 Å². The molecule has 0 atom stereocenters. The lowest BCUT2D eigenvalue weighted by molar-refractivity contribution is 0.601. The van der Waals surface area contributed by atoms with Crippen LogP contribution in [0.4, 0.5) is 10.9 Å². The van der Waals surface area contributed by atoms with E-state index in [9.17, 15) is 8.42 Å². The molecule has 0 bridgehead atoms. The predicted molar refractivity (Wildman–Crippen MR) is 74.7 cm³/mol. The molecule has 0 amide bonds. The fraction of sp³-hybridized carbons (Fsp3) is 0.400. The number of hydrogen-bond acceptors (Lipinski definition) is 6. The maximum absolute atomic E-state index is 12.2. The zero-order valence-corrected chi connectivity index (χ0v) is 12.5. The number of nitrogens with one attached hydrogen (secondary N) is 1. The van der Waals surface area contributed by atoms with Crippen molar-refractivity contribution in [2.45, 2.75) is 25.2 Å². The van der Waals surface area contributed by atoms with E-state index in [0.29, 0.717) is 5.13 Å². The molecule has 0 aliphatic rings. The molecule has 19 heavy (non-hydrogen) atoms. The van der Waals surface area contributed by atoms with E-state index in [1.807, 2.05) is 13.8 Å². The van der Waals surface area contributed by atoms with E-state index in [0.717, 1.165) is 17.0 Å². The Hall–Kier alpha value is -1.61. The van der Waals surface area contributed by atoms with Crippen molar-refractivity contribution in [2.75, 3.05) is 10.5 Å². The second-order valence-corrected chi connectivity index (χ2v) is 6.89. The lowest BCUT2D eigenvalue weighted by Gasteiger charge is -2.02. The summed E-state index contributed by atoms with van der Waals surface area (Å²) in [4.78, 5) is 5.19. The fourth-order valence-electron chi connectivity index (χ4n) is 1.66. The molecule has 0 saturated carbocycles. The Balaban J connectivity index is 2.33. The number of nitrogens with zero attached hydrogens (tertiary/aromatic N) is 3. The maximum atomic E-state index is 12.2. The molecule has 0 aromatic carbocycles. The van der Waals surface area contributed by atoms with Crippen LogP contribution in [0.1, 0.15) is 17.5 Å². The van der Waals surface area contributed by atoms with Gasteiger partial charge < -0.3 is 5.73 Å². The van der Waals surface area contributed by atoms with E-state index in [1.54, 1.807) is 7.05 Å². The molecule has 2 heterocycles. The van der Waals surface area contributed by atoms with E-state index in [2.05, 4.69) is 14.8 Å². The molecule has 9 heteroatoms. The molecular formula is C10H15N5O2S2. The molecule has 0 spiro atoms. The Morgan fingerprint density at radius 1 is 1.53 bits per heavy atom. The summed E-state index contributed by atoms with van der Waals surface area (Å²) in [5.41, 5.74) is 6.46. The summed E-state index contributed by atoms with van der Waals surface area (Å²) >= 11 is 1.30. The number of anilines is 2. The van der Waals surface area contributed by atoms with Gasteiger partial charge in [-0.2, -0.15) is 5.10 Å². The minimum absolute atomic E-state index is 0.0287. The van der Waals surface area contributed by atoms with Crippen LogP contribution in [0, 0.1) is 6.92 Å². The number of sulfonamides is 1. The van der Waals surface area contributed by atoms with Crippen molar-refractivity contribution < 1.29 is 8.42 Å². The van der Waals surface area contributed by atoms with Gasteiger partial charge in [0.05, 0.1) is 5.69 Å². The SMILES string of the molecule is CCc1nc(NS(=O)(=O)c2cn(C)nc2N)sc1C. The van der Waals surface area contributed by atoms with E-state index in [1.165, 1.54) is 22.2 Å². The molecule has 104 valence electrons. The number of aromatic nitrogens is 3. The van der Waals surface area contributed by atoms with E-state index in [4.69, 9.17) is 5.73 Å². The van der Waals surface area contributed by atoms with Crippen molar-refractivity contribution in [2.24, 2.45) is 7.05 Å². The molecule has 0 fully saturated rings. The Bertz CT molecular complexity index is 702. The van der Waals surface area contributed by atoms with Gasteiger partial charge in [-0.25, -0.2) is 13.4 Å². The van der Waals surface area contributed by atoms with Crippen LogP contribution in [-0.4, -0.2) is 23.2 Å². The van der Waals surface area contributed by atoms with E-state index < -0.39 is 10.0 Å². The minimum Gasteiger partial charge on any atom is -0.381 e. The third-order valence-corrected chi connectivity index (χ3v) is 4.97. The molecule has 2 rings (SSSR count). The van der Waals surface area contributed by atoms with Gasteiger partial charge in [0.1, 0.15) is 4.90 Å². The van der Waals surface area contributed by atoms with Gasteiger partial charge >= 0.3 is 0 Å². The van der Waals surface area contributed by atoms with Gasteiger partial charge in [-0.15, -0.1) is 11.3 Å². The second kappa shape index (κ2) is 4.82. The number of rotatable bonds is 4. The van der Waals surface area contributed by atoms with E-state index in [-0.39, 0.29) is 10.7 Å². The number of aryl methyl sites for hydroxylation is 3. The summed E-state index contributed by atoms with van der Waals surface area (Å²) in [6.07, 6.45) is 2.12. The molecular weight excluding hydrogens is 286 g/mol. The topological polar surface area (TPSA) is 103 Å². The van der Waals surface area contributed by atoms with Crippen molar-refractivity contribution in [3.63, 3.8) is 0 Å². The molecule has 0 saturated heterocycles. The summed E-state index contributed by atoms with van der Waals surface area (Å²) in [5, 5.41) is 4.16. The van der Waals surface area contributed by atoms with Crippen LogP contribution in [0.25, 0.3) is 0 Å². The molecule has 0 aliphatic heterocycles. The van der Waals surface area contributed by atoms with Crippen LogP contribution < -0.4 is 10.5 Å². The first kappa shape index (κ1) is 13.8. The largest absolute Gasteiger partial charge is 0.381 e. The van der Waals surface area contributed by atoms with Gasteiger partial charge in [-0.3, -0.25) is 9.40 Å². The van der Waals surface area contributed by atoms with Crippen LogP contribution in [0.3, 0.4) is 0 Å². The minimum atomic E-state index is -3.75. The fourth-order valence-corrected chi connectivity index (χ4v) is 3.90. The van der Waals surface area contributed by atoms with Crippen LogP contribution in [-0.2, 0) is 23.5 Å². The number of nitrogens with two attached hydrogens (primary N) is 1. The van der Waals surface area contributed by atoms with Gasteiger partial charge in [-0.1, -0.05) is 6.92 Å². The summed E-state index contributed by atoms with van der Waals surface area (Å²) in [6.45, 7) is 3.88. The average Bonchev–Trinajstić information content (AvgIpc) is 2.81. The molecule has 0 radical (unpaired) electrons. The number of hydrogen-bond donors (Lipinski definition) is 2. The summed E-state index contributed by atoms with van der Waals surface area (Å²) in [5.74, 6) is -0.0287. The Morgan fingerprint density at radius 2 is 2.21 bits per heavy atom. The highest BCUT2D eigenvalue weighted by atomic mass is 32.2. The highest BCUT2D eigenvalue weighted by Gasteiger charge is 2.22. The first-order valence-corrected chi connectivity index (χ1v) is 7.91. The average molecular weight is 301 g/mol. The van der Waals surface area contributed by atoms with Crippen LogP contribution in [0.2, 0.25) is 0 Å². The predicted octanol–water partition coefficient (Wildman–Crippen LogP) is 1.13. The van der Waals surface area contributed by atoms with Crippen molar-refractivity contribution >= 4 is 32.3 Å². The van der Waals surface area contributed by atoms with Gasteiger partial charge in [0, 0.05) is 18.1 Å². The van der Waals surface area contributed by atoms with Gasteiger partial charge in [0.15, 0.2) is 10.9 Å². The highest BCUT2D eigenvalue weighted by Crippen LogP contribution is 2.26. The number of thiazole rings is 1. The van der Waals surface area contributed by atoms with Gasteiger partial charge in [0.25, 0.3) is 10.0 Å². The van der Waals surface area contributed by atoms with Gasteiger partial charge in [0.2, 0.25) is 0 Å². The van der Waals surface area contributed by atoms with E-state index >= 15 is 0 Å². The standard InChI is InChI=1S/C10H15N5O2S2/c1-4-7-6(2)18-10(12-7)14-19(16,17)8-5-15(3)13-9(8)11/h5H,4H2,1-3H3,(H2,11,13)(H,12,14). The monoisotopic (exact) mass is 301 g/mol. The van der Waals surface area contributed by atoms with Crippen molar-refractivity contribution in [1.29, 1.82) is 0 Å². The van der Waals surface area contributed by atoms with Crippen molar-refractivity contribution in [1.82, 2.24) is 14.8 Å². The van der Waals surface area contributed by atoms with Gasteiger partial charge in [-0.05, 0) is 13.3 Å². The molecule has 0 unspecified atom stereocenters. The molecule has 0 aliphatic carbocycles. The second-order valence-electron chi connectivity index (χ2n) is 4.03. The Labute approximate surface area is 115 Å². The third-order valence-electron chi connectivity index (χ3n) is 2.56. The smallest absolute Gasteiger partial charge is 0.268 e. The molecule has 2 aromatic heterocycles. The lowest BCUT2D eigenvalue weighted by atomic mass is 10.3. The first-order chi connectivity index (χ1) is 8.83. The Kier molecular flexibility index (Phi) is 3.50. The van der Waals surface area contributed by atoms with Crippen molar-refractivity contribution in [3.8, 4) is 0 Å². The van der Waals surface area contributed by atoms with Crippen molar-refractivity contribution in [3.05, 3.63) is 16.8 Å². The number of nitrogen functional groups attached to an aromatic ring is 1. The molecule has 7 nitrogen and oxygen atoms in total. The summed E-state index contributed by atoms with van der Waals surface area (Å²) < 4.78 is 28.1. The zero-order valence-electron chi connectivity index (χ0n) is 10.8. The highest BCUT2D eigenvalue weighted by molar-refractivity contribution is 7.93. The first-order valence-electron chi connectivity index (χ1n) is 5.61. The van der Waals surface area contributed by atoms with Crippen LogP contribution >= 0.6 is 11.3 Å². The third kappa shape index (κ3) is 2.71. The van der Waals surface area contributed by atoms with Crippen LogP contribution in [0.15, 0.2) is 11.1 Å². The lowest BCUT2D eigenvalue weighted by Crippen LogP contribution is -2.13. The molecule has 2 aromatic rings. The molecule has 3 N–H and O–H groups in total. The zero-order chi connectivity index (χ0) is 14.2. The normalized spacial score (nSPS) is 11.7. The summed E-state index contributed by atoms with van der Waals surface area (Å²) in [6, 6.07) is 0. The quantitative estimate of drug-likeness (QED) is 0.881. The summed E-state index contributed by atoms with van der Waals surface area (Å²) in [7, 11) is -2.14.